The first-order chi connectivity index (χ1) is 13.1. The molecule has 0 aliphatic heterocycles. The largest absolute Gasteiger partial charge is 0.255 e. The average molecular weight is 580 g/mol. The zero-order valence-electron chi connectivity index (χ0n) is 17.9. The highest BCUT2D eigenvalue weighted by atomic mass is 79.9. The first kappa shape index (κ1) is 56.6. The van der Waals surface area contributed by atoms with E-state index in [4.69, 9.17) is 0 Å². The van der Waals surface area contributed by atoms with Gasteiger partial charge in [-0.15, -0.1) is 0 Å². The zero-order chi connectivity index (χ0) is 25.4. The van der Waals surface area contributed by atoms with Gasteiger partial charge in [0, 0.05) is 0 Å². The molecule has 2 unspecified atom stereocenters. The summed E-state index contributed by atoms with van der Waals surface area (Å²) in [4.78, 5) is 0. The summed E-state index contributed by atoms with van der Waals surface area (Å²) in [6, 6.07) is 0. The molecule has 0 radical (unpaired) electrons. The number of hydrogen-bond donors (Lipinski definition) is 0. The maximum atomic E-state index is 11.1. The van der Waals surface area contributed by atoms with Crippen molar-refractivity contribution in [3.63, 3.8) is 0 Å². The Bertz CT molecular complexity index is 103. The van der Waals surface area contributed by atoms with E-state index in [9.17, 15) is 43.9 Å². The summed E-state index contributed by atoms with van der Waals surface area (Å²) in [6.07, 6.45) is -1.28. The molecule has 0 saturated carbocycles. The first-order valence-electron chi connectivity index (χ1n) is 7.67. The van der Waals surface area contributed by atoms with E-state index in [1.54, 1.807) is 0 Å². The fraction of sp³-hybridized carbons (Fsp3) is 1.00. The Morgan fingerprint density at radius 3 is 0.643 bits per heavy atom. The van der Waals surface area contributed by atoms with Crippen LogP contribution in [0.1, 0.15) is 41.5 Å². The van der Waals surface area contributed by atoms with E-state index >= 15 is 0 Å². The van der Waals surface area contributed by atoms with Crippen LogP contribution in [-0.4, -0.2) is 64.6 Å². The number of hydrogen-bond acceptors (Lipinski definition) is 0. The predicted molar refractivity (Wildman–Crippen MR) is 112 cm³/mol. The highest BCUT2D eigenvalue weighted by Crippen LogP contribution is 1.94. The van der Waals surface area contributed by atoms with Crippen LogP contribution in [0.25, 0.3) is 0 Å². The molecular weight excluding hydrogens is 542 g/mol. The van der Waals surface area contributed by atoms with Crippen LogP contribution in [0.5, 0.6) is 0 Å². The molecule has 0 saturated heterocycles. The molecule has 0 nitrogen and oxygen atoms in total. The van der Waals surface area contributed by atoms with Gasteiger partial charge in [0.15, 0.2) is 5.08 Å². The van der Waals surface area contributed by atoms with E-state index in [0.717, 1.165) is 0 Å². The topological polar surface area (TPSA) is 0 Å². The van der Waals surface area contributed by atoms with Crippen LogP contribution in [0.2, 0.25) is 0 Å². The van der Waals surface area contributed by atoms with Crippen LogP contribution in [0.15, 0.2) is 0 Å². The summed E-state index contributed by atoms with van der Waals surface area (Å²) in [7, 11) is 0.500. The van der Waals surface area contributed by atoms with Crippen molar-refractivity contribution in [2.75, 3.05) is 53.3 Å². The lowest BCUT2D eigenvalue weighted by molar-refractivity contribution is 0.281. The van der Waals surface area contributed by atoms with Crippen LogP contribution in [-0.2, 0) is 0 Å². The van der Waals surface area contributed by atoms with Crippen LogP contribution >= 0.6 is 31.9 Å². The van der Waals surface area contributed by atoms with Crippen molar-refractivity contribution in [2.24, 2.45) is 0 Å². The van der Waals surface area contributed by atoms with E-state index in [-0.39, 0.29) is 26.7 Å². The van der Waals surface area contributed by atoms with Crippen molar-refractivity contribution in [3.05, 3.63) is 0 Å². The highest BCUT2D eigenvalue weighted by molar-refractivity contribution is 9.09. The Morgan fingerprint density at radius 1 is 0.607 bits per heavy atom. The minimum Gasteiger partial charge on any atom is -0.255 e. The van der Waals surface area contributed by atoms with Crippen LogP contribution in [0.4, 0.5) is 43.9 Å². The van der Waals surface area contributed by atoms with Gasteiger partial charge in [-0.3, -0.25) is 22.0 Å². The number of rotatable bonds is 1. The smallest absolute Gasteiger partial charge is 0.229 e. The standard InChI is InChI=1S/C3H6F2.C2H4BrF.4C2H5F.CH3Br.CH2F2.CH3F/c1-3(5)2-4;1-2(3)4;4*1-2-3;1-2;2-1-3;1-2/h3H,2H2,1H3;2H,1H3;4*2H2,1H3;1H3;1H2;1H3. The average Bonchev–Trinajstić information content (AvgIpc) is 2.61. The SMILES string of the molecule is CBr.CC(F)Br.CC(F)CF.CCF.CCF.CCF.CCF.CF.FCF. The van der Waals surface area contributed by atoms with E-state index < -0.39 is 24.9 Å². The molecule has 28 heavy (non-hydrogen) atoms. The molecule has 0 N–H and O–H groups in total. The molecule has 0 spiro atoms. The van der Waals surface area contributed by atoms with Crippen molar-refractivity contribution in [3.8, 4) is 0 Å². The summed E-state index contributed by atoms with van der Waals surface area (Å²) in [5, 5.41) is -0.854. The Hall–Kier alpha value is 0.260. The molecule has 2 atom stereocenters. The van der Waals surface area contributed by atoms with Crippen molar-refractivity contribution < 1.29 is 43.9 Å². The van der Waals surface area contributed by atoms with Crippen molar-refractivity contribution in [1.29, 1.82) is 0 Å². The molecule has 0 bridgehead atoms. The van der Waals surface area contributed by atoms with Crippen LogP contribution in [0.3, 0.4) is 0 Å². The lowest BCUT2D eigenvalue weighted by Gasteiger charge is -1.83. The Labute approximate surface area is 182 Å². The number of alkyl halides is 12. The molecular formula is C16H38Br2F10. The van der Waals surface area contributed by atoms with E-state index in [0.29, 0.717) is 7.18 Å². The second-order valence-corrected chi connectivity index (χ2v) is 3.89. The van der Waals surface area contributed by atoms with Gasteiger partial charge in [-0.05, 0) is 47.4 Å². The van der Waals surface area contributed by atoms with Crippen molar-refractivity contribution >= 4 is 31.9 Å². The Morgan fingerprint density at radius 2 is 0.643 bits per heavy atom. The molecule has 12 heteroatoms. The van der Waals surface area contributed by atoms with E-state index in [1.807, 2.05) is 5.83 Å². The monoisotopic (exact) mass is 578 g/mol. The van der Waals surface area contributed by atoms with Crippen LogP contribution < -0.4 is 0 Å². The molecule has 0 aromatic carbocycles. The van der Waals surface area contributed by atoms with Gasteiger partial charge in [0.2, 0.25) is 6.93 Å². The van der Waals surface area contributed by atoms with Crippen molar-refractivity contribution in [2.45, 2.75) is 52.8 Å². The molecule has 0 aliphatic carbocycles. The van der Waals surface area contributed by atoms with Gasteiger partial charge in [0.25, 0.3) is 0 Å². The highest BCUT2D eigenvalue weighted by Gasteiger charge is 1.89. The maximum Gasteiger partial charge on any atom is 0.229 e. The molecule has 0 aliphatic rings. The molecule has 0 fully saturated rings. The molecule has 0 aromatic rings. The maximum absolute atomic E-state index is 11.1. The lowest BCUT2D eigenvalue weighted by Crippen LogP contribution is -1.91. The second kappa shape index (κ2) is 125. The molecule has 0 aromatic heterocycles. The van der Waals surface area contributed by atoms with Gasteiger partial charge < -0.3 is 0 Å². The predicted octanol–water partition coefficient (Wildman–Crippen LogP) is 9.39. The minimum atomic E-state index is -1.75. The minimum absolute atomic E-state index is 0.250. The molecule has 0 amide bonds. The Balaban J connectivity index is -0.0000000211. The van der Waals surface area contributed by atoms with Gasteiger partial charge >= 0.3 is 0 Å². The van der Waals surface area contributed by atoms with E-state index in [2.05, 4.69) is 31.9 Å². The van der Waals surface area contributed by atoms with Gasteiger partial charge in [0.1, 0.15) is 12.8 Å². The third kappa shape index (κ3) is 3280. The zero-order valence-corrected chi connectivity index (χ0v) is 21.1. The fourth-order valence-corrected chi connectivity index (χ4v) is 0. The van der Waals surface area contributed by atoms with E-state index in [1.165, 1.54) is 41.5 Å². The van der Waals surface area contributed by atoms with Gasteiger partial charge in [-0.1, -0.05) is 31.9 Å². The Kier molecular flexibility index (Phi) is 253. The summed E-state index contributed by atoms with van der Waals surface area (Å²) in [5.74, 6) is 1.81. The van der Waals surface area contributed by atoms with Gasteiger partial charge in [-0.2, -0.15) is 0 Å². The van der Waals surface area contributed by atoms with Crippen molar-refractivity contribution in [1.82, 2.24) is 0 Å². The lowest BCUT2D eigenvalue weighted by atomic mass is 10.5. The quantitative estimate of drug-likeness (QED) is 0.214. The van der Waals surface area contributed by atoms with Crippen LogP contribution in [0, 0.1) is 0 Å². The third-order valence-corrected chi connectivity index (χ3v) is 0.213. The number of halogens is 12. The summed E-state index contributed by atoms with van der Waals surface area (Å²) in [5.41, 5.74) is 0. The third-order valence-electron chi connectivity index (χ3n) is 0.213. The normalized spacial score (nSPS) is 8.57. The molecule has 0 rings (SSSR count). The summed E-state index contributed by atoms with van der Waals surface area (Å²) >= 11 is 5.54. The molecule has 0 heterocycles. The second-order valence-electron chi connectivity index (χ2n) is 2.62. The van der Waals surface area contributed by atoms with Gasteiger partial charge in [-0.25, -0.2) is 22.0 Å². The first-order valence-corrected chi connectivity index (χ1v) is 10.2. The van der Waals surface area contributed by atoms with Gasteiger partial charge in [0.05, 0.1) is 33.9 Å². The summed E-state index contributed by atoms with van der Waals surface area (Å²) < 4.78 is 103. The summed E-state index contributed by atoms with van der Waals surface area (Å²) in [6.45, 7) is 4.82. The fourth-order valence-electron chi connectivity index (χ4n) is 0. The molecule has 186 valence electrons.